The van der Waals surface area contributed by atoms with E-state index in [-0.39, 0.29) is 5.04 Å². The number of ether oxygens (including phenoxy) is 1. The van der Waals surface area contributed by atoms with Crippen LogP contribution in [-0.4, -0.2) is 21.0 Å². The predicted molar refractivity (Wildman–Crippen MR) is 106 cm³/mol. The van der Waals surface area contributed by atoms with E-state index in [0.29, 0.717) is 12.6 Å². The van der Waals surface area contributed by atoms with Crippen molar-refractivity contribution >= 4 is 8.32 Å². The van der Waals surface area contributed by atoms with Gasteiger partial charge in [-0.05, 0) is 54.4 Å². The summed E-state index contributed by atoms with van der Waals surface area (Å²) in [6.07, 6.45) is 9.14. The van der Waals surface area contributed by atoms with Gasteiger partial charge in [-0.15, -0.1) is 0 Å². The lowest BCUT2D eigenvalue weighted by Gasteiger charge is -2.36. The van der Waals surface area contributed by atoms with Crippen molar-refractivity contribution in [2.24, 2.45) is 0 Å². The van der Waals surface area contributed by atoms with Gasteiger partial charge in [0.05, 0.1) is 6.04 Å². The van der Waals surface area contributed by atoms with Crippen molar-refractivity contribution in [1.29, 1.82) is 0 Å². The maximum Gasteiger partial charge on any atom is 0.250 e. The van der Waals surface area contributed by atoms with Crippen LogP contribution in [0.3, 0.4) is 0 Å². The van der Waals surface area contributed by atoms with Crippen molar-refractivity contribution in [1.82, 2.24) is 5.32 Å². The molecule has 1 aliphatic heterocycles. The number of hydrogen-bond acceptors (Lipinski definition) is 3. The van der Waals surface area contributed by atoms with Gasteiger partial charge in [-0.3, -0.25) is 0 Å². The third kappa shape index (κ3) is 4.18. The fraction of sp³-hybridized carbons (Fsp3) is 0.429. The molecule has 1 aliphatic carbocycles. The molecule has 3 rings (SSSR count). The van der Waals surface area contributed by atoms with Gasteiger partial charge in [0, 0.05) is 5.57 Å². The molecule has 0 unspecified atom stereocenters. The van der Waals surface area contributed by atoms with Crippen LogP contribution >= 0.6 is 0 Å². The Balaban J connectivity index is 1.59. The van der Waals surface area contributed by atoms with Gasteiger partial charge in [-0.2, -0.15) is 0 Å². The van der Waals surface area contributed by atoms with E-state index in [9.17, 15) is 0 Å². The molecule has 0 radical (unpaired) electrons. The van der Waals surface area contributed by atoms with Crippen molar-refractivity contribution in [3.8, 4) is 5.75 Å². The Labute approximate surface area is 152 Å². The first-order chi connectivity index (χ1) is 11.7. The summed E-state index contributed by atoms with van der Waals surface area (Å²) in [4.78, 5) is 0. The summed E-state index contributed by atoms with van der Waals surface area (Å²) < 4.78 is 12.1. The minimum absolute atomic E-state index is 0.212. The molecule has 0 saturated carbocycles. The zero-order valence-electron chi connectivity index (χ0n) is 15.9. The summed E-state index contributed by atoms with van der Waals surface area (Å²) >= 11 is 0. The summed E-state index contributed by atoms with van der Waals surface area (Å²) in [5.41, 5.74) is 2.42. The van der Waals surface area contributed by atoms with E-state index in [4.69, 9.17) is 9.16 Å². The molecule has 0 bridgehead atoms. The van der Waals surface area contributed by atoms with Crippen molar-refractivity contribution in [3.05, 3.63) is 65.6 Å². The quantitative estimate of drug-likeness (QED) is 0.776. The molecule has 1 aromatic rings. The lowest BCUT2D eigenvalue weighted by molar-refractivity contribution is 0.252. The molecule has 0 amide bonds. The molecule has 134 valence electrons. The normalized spacial score (nSPS) is 20.0. The molecule has 3 nitrogen and oxygen atoms in total. The van der Waals surface area contributed by atoms with E-state index in [0.717, 1.165) is 23.6 Å². The number of benzene rings is 1. The number of hydrogen-bond donors (Lipinski definition) is 1. The monoisotopic (exact) mass is 355 g/mol. The standard InChI is InChI=1S/C21H29NO2Si/c1-21(2,3)25(4,5)24-19-12-10-16(11-13-19)14-18-15-23-20(22-18)17-8-6-7-9-17/h6-13,18,22H,14-15H2,1-5H3/t18-/m0/s1. The van der Waals surface area contributed by atoms with Crippen molar-refractivity contribution in [3.63, 3.8) is 0 Å². The molecule has 1 heterocycles. The van der Waals surface area contributed by atoms with E-state index in [2.05, 4.69) is 75.6 Å². The summed E-state index contributed by atoms with van der Waals surface area (Å²) in [5.74, 6) is 1.88. The number of allylic oxidation sites excluding steroid dienone is 5. The highest BCUT2D eigenvalue weighted by Gasteiger charge is 2.38. The van der Waals surface area contributed by atoms with E-state index in [1.54, 1.807) is 0 Å². The number of nitrogens with one attached hydrogen (secondary N) is 1. The minimum Gasteiger partial charge on any atom is -0.544 e. The van der Waals surface area contributed by atoms with Crippen LogP contribution in [0, 0.1) is 0 Å². The average molecular weight is 356 g/mol. The Morgan fingerprint density at radius 3 is 2.36 bits per heavy atom. The molecule has 0 aromatic heterocycles. The van der Waals surface area contributed by atoms with Crippen molar-refractivity contribution in [2.75, 3.05) is 6.61 Å². The zero-order chi connectivity index (χ0) is 18.1. The maximum absolute atomic E-state index is 6.35. The van der Waals surface area contributed by atoms with Crippen LogP contribution in [0.4, 0.5) is 0 Å². The van der Waals surface area contributed by atoms with Gasteiger partial charge in [0.1, 0.15) is 12.4 Å². The second-order valence-corrected chi connectivity index (χ2v) is 13.1. The van der Waals surface area contributed by atoms with Gasteiger partial charge in [-0.25, -0.2) is 0 Å². The first-order valence-corrected chi connectivity index (χ1v) is 11.9. The highest BCUT2D eigenvalue weighted by Crippen LogP contribution is 2.37. The molecular weight excluding hydrogens is 326 g/mol. The largest absolute Gasteiger partial charge is 0.544 e. The summed E-state index contributed by atoms with van der Waals surface area (Å²) in [5, 5.41) is 3.70. The number of rotatable bonds is 4. The fourth-order valence-corrected chi connectivity index (χ4v) is 3.71. The van der Waals surface area contributed by atoms with E-state index >= 15 is 0 Å². The third-order valence-electron chi connectivity index (χ3n) is 5.27. The van der Waals surface area contributed by atoms with Gasteiger partial charge in [0.15, 0.2) is 5.88 Å². The van der Waals surface area contributed by atoms with Gasteiger partial charge in [0.25, 0.3) is 0 Å². The zero-order valence-corrected chi connectivity index (χ0v) is 16.9. The van der Waals surface area contributed by atoms with E-state index in [1.165, 1.54) is 5.56 Å². The van der Waals surface area contributed by atoms with Crippen LogP contribution < -0.4 is 9.74 Å². The highest BCUT2D eigenvalue weighted by molar-refractivity contribution is 6.74. The first-order valence-electron chi connectivity index (χ1n) is 9.01. The van der Waals surface area contributed by atoms with Crippen molar-refractivity contribution in [2.45, 2.75) is 51.4 Å². The second kappa shape index (κ2) is 6.75. The summed E-state index contributed by atoms with van der Waals surface area (Å²) in [6, 6.07) is 8.87. The van der Waals surface area contributed by atoms with E-state index < -0.39 is 8.32 Å². The smallest absolute Gasteiger partial charge is 0.250 e. The summed E-state index contributed by atoms with van der Waals surface area (Å²) in [6.45, 7) is 12.1. The average Bonchev–Trinajstić information content (AvgIpc) is 3.19. The van der Waals surface area contributed by atoms with Crippen LogP contribution in [-0.2, 0) is 11.2 Å². The van der Waals surface area contributed by atoms with Crippen LogP contribution in [0.5, 0.6) is 5.75 Å². The second-order valence-electron chi connectivity index (χ2n) is 8.37. The first kappa shape index (κ1) is 17.9. The Hall–Kier alpha value is -1.94. The molecular formula is C21H29NO2Si. The van der Waals surface area contributed by atoms with Crippen LogP contribution in [0.2, 0.25) is 18.1 Å². The molecule has 0 spiro atoms. The Morgan fingerprint density at radius 2 is 1.76 bits per heavy atom. The molecule has 2 aliphatic rings. The molecule has 1 atom stereocenters. The minimum atomic E-state index is -1.77. The molecule has 25 heavy (non-hydrogen) atoms. The lowest BCUT2D eigenvalue weighted by atomic mass is 10.1. The van der Waals surface area contributed by atoms with Gasteiger partial charge in [0.2, 0.25) is 8.32 Å². The van der Waals surface area contributed by atoms with Crippen LogP contribution in [0.1, 0.15) is 26.3 Å². The summed E-state index contributed by atoms with van der Waals surface area (Å²) in [7, 11) is -1.77. The van der Waals surface area contributed by atoms with Gasteiger partial charge >= 0.3 is 0 Å². The molecule has 1 N–H and O–H groups in total. The van der Waals surface area contributed by atoms with Gasteiger partial charge < -0.3 is 14.5 Å². The molecule has 1 aromatic carbocycles. The Kier molecular flexibility index (Phi) is 4.83. The van der Waals surface area contributed by atoms with Gasteiger partial charge in [-0.1, -0.05) is 45.1 Å². The molecule has 4 heteroatoms. The van der Waals surface area contributed by atoms with Crippen LogP contribution in [0.15, 0.2) is 60.0 Å². The Bertz CT molecular complexity index is 694. The topological polar surface area (TPSA) is 30.5 Å². The molecule has 1 saturated heterocycles. The maximum atomic E-state index is 6.35. The Morgan fingerprint density at radius 1 is 1.12 bits per heavy atom. The fourth-order valence-electron chi connectivity index (χ4n) is 2.68. The highest BCUT2D eigenvalue weighted by atomic mass is 28.4. The van der Waals surface area contributed by atoms with E-state index in [1.807, 2.05) is 12.2 Å². The lowest BCUT2D eigenvalue weighted by Crippen LogP contribution is -2.43. The third-order valence-corrected chi connectivity index (χ3v) is 9.63. The predicted octanol–water partition coefficient (Wildman–Crippen LogP) is 4.94. The van der Waals surface area contributed by atoms with Crippen molar-refractivity contribution < 1.29 is 9.16 Å². The SMILES string of the molecule is CC(C)(C)[Si](C)(C)Oc1ccc(C[C@H]2COC(=C3C=CC=C3)N2)cc1. The van der Waals surface area contributed by atoms with Crippen LogP contribution in [0.25, 0.3) is 0 Å². The molecule has 1 fully saturated rings.